The van der Waals surface area contributed by atoms with Crippen LogP contribution >= 0.6 is 19.3 Å². The third-order valence-electron chi connectivity index (χ3n) is 3.33. The highest BCUT2D eigenvalue weighted by atomic mass is 32.2. The van der Waals surface area contributed by atoms with E-state index >= 15 is 0 Å². The van der Waals surface area contributed by atoms with Crippen molar-refractivity contribution < 1.29 is 28.2 Å². The van der Waals surface area contributed by atoms with Gasteiger partial charge < -0.3 is 14.0 Å². The lowest BCUT2D eigenvalue weighted by molar-refractivity contribution is -0.165. The molecule has 0 aromatic carbocycles. The number of thioether (sulfide) groups is 1. The van der Waals surface area contributed by atoms with Crippen molar-refractivity contribution in [3.8, 4) is 0 Å². The van der Waals surface area contributed by atoms with E-state index in [0.717, 1.165) is 11.8 Å². The monoisotopic (exact) mass is 337 g/mol. The topological polar surface area (TPSA) is 91.3 Å². The molecular weight excluding hydrogens is 317 g/mol. The average molecular weight is 337 g/mol. The summed E-state index contributed by atoms with van der Waals surface area (Å²) in [5, 5.41) is 0.108. The first-order valence-electron chi connectivity index (χ1n) is 6.49. The van der Waals surface area contributed by atoms with Crippen molar-refractivity contribution in [1.82, 2.24) is 0 Å². The lowest BCUT2D eigenvalue weighted by atomic mass is 9.85. The number of hydrogen-bond acceptors (Lipinski definition) is 7. The van der Waals surface area contributed by atoms with Crippen LogP contribution in [0.15, 0.2) is 4.76 Å². The Hall–Kier alpha value is -0.850. The Morgan fingerprint density at radius 1 is 1.29 bits per heavy atom. The molecule has 0 bridgehead atoms. The standard InChI is InChI=1S/C12H20NO6PS/c1-6-18-10(14)12(11(15)19-7-2)8(3)20(16,17-4)13-9(12)21-5/h8H,6-7H2,1-5H3. The number of nitrogens with zero attached hydrogens (tertiary/aromatic N) is 1. The molecule has 0 fully saturated rings. The summed E-state index contributed by atoms with van der Waals surface area (Å²) in [6, 6.07) is 0. The number of carbonyl (C=O) groups excluding carboxylic acids is 2. The number of ether oxygens (including phenoxy) is 2. The molecule has 1 rings (SSSR count). The first kappa shape index (κ1) is 18.2. The zero-order chi connectivity index (χ0) is 16.3. The van der Waals surface area contributed by atoms with E-state index in [9.17, 15) is 14.2 Å². The molecule has 0 saturated heterocycles. The number of carbonyl (C=O) groups is 2. The van der Waals surface area contributed by atoms with Crippen molar-refractivity contribution in [2.24, 2.45) is 10.2 Å². The van der Waals surface area contributed by atoms with Crippen LogP contribution in [0.1, 0.15) is 20.8 Å². The van der Waals surface area contributed by atoms with Crippen molar-refractivity contribution in [2.45, 2.75) is 26.4 Å². The van der Waals surface area contributed by atoms with Gasteiger partial charge >= 0.3 is 19.5 Å². The molecule has 1 aliphatic heterocycles. The maximum Gasteiger partial charge on any atom is 0.331 e. The van der Waals surface area contributed by atoms with Gasteiger partial charge in [0.15, 0.2) is 0 Å². The molecule has 0 N–H and O–H groups in total. The van der Waals surface area contributed by atoms with E-state index in [0.29, 0.717) is 0 Å². The first-order chi connectivity index (χ1) is 9.84. The van der Waals surface area contributed by atoms with Gasteiger partial charge in [0.2, 0.25) is 5.41 Å². The molecule has 2 unspecified atom stereocenters. The van der Waals surface area contributed by atoms with E-state index in [2.05, 4.69) is 4.76 Å². The van der Waals surface area contributed by atoms with Crippen LogP contribution in [0.5, 0.6) is 0 Å². The van der Waals surface area contributed by atoms with Crippen LogP contribution in [0.4, 0.5) is 0 Å². The summed E-state index contributed by atoms with van der Waals surface area (Å²) in [6.07, 6.45) is 1.64. The highest BCUT2D eigenvalue weighted by Crippen LogP contribution is 2.65. The van der Waals surface area contributed by atoms with Crippen LogP contribution < -0.4 is 0 Å². The van der Waals surface area contributed by atoms with Crippen molar-refractivity contribution in [2.75, 3.05) is 26.6 Å². The van der Waals surface area contributed by atoms with Crippen molar-refractivity contribution >= 4 is 36.3 Å². The number of hydrogen-bond donors (Lipinski definition) is 0. The van der Waals surface area contributed by atoms with Gasteiger partial charge in [-0.2, -0.15) is 4.76 Å². The molecule has 120 valence electrons. The van der Waals surface area contributed by atoms with Gasteiger partial charge in [-0.3, -0.25) is 14.2 Å². The molecule has 2 atom stereocenters. The summed E-state index contributed by atoms with van der Waals surface area (Å²) >= 11 is 1.07. The van der Waals surface area contributed by atoms with Crippen LogP contribution in [0.2, 0.25) is 0 Å². The maximum absolute atomic E-state index is 12.7. The molecule has 7 nitrogen and oxygen atoms in total. The molecule has 0 aromatic rings. The fourth-order valence-corrected chi connectivity index (χ4v) is 5.43. The zero-order valence-electron chi connectivity index (χ0n) is 12.7. The fraction of sp³-hybridized carbons (Fsp3) is 0.750. The second-order valence-electron chi connectivity index (χ2n) is 4.28. The molecule has 0 amide bonds. The summed E-state index contributed by atoms with van der Waals surface area (Å²) in [5.74, 6) is -1.61. The third-order valence-corrected chi connectivity index (χ3v) is 6.64. The Kier molecular flexibility index (Phi) is 6.01. The van der Waals surface area contributed by atoms with E-state index in [1.165, 1.54) is 14.0 Å². The average Bonchev–Trinajstić information content (AvgIpc) is 2.69. The highest BCUT2D eigenvalue weighted by Gasteiger charge is 2.67. The summed E-state index contributed by atoms with van der Waals surface area (Å²) in [7, 11) is -2.28. The maximum atomic E-state index is 12.7. The van der Waals surface area contributed by atoms with Crippen molar-refractivity contribution in [1.29, 1.82) is 0 Å². The Balaban J connectivity index is 3.49. The molecule has 0 saturated carbocycles. The van der Waals surface area contributed by atoms with Gasteiger partial charge in [0.1, 0.15) is 5.04 Å². The van der Waals surface area contributed by atoms with Crippen molar-refractivity contribution in [3.63, 3.8) is 0 Å². The number of esters is 2. The fourth-order valence-electron chi connectivity index (χ4n) is 2.21. The summed E-state index contributed by atoms with van der Waals surface area (Å²) < 4.78 is 31.7. The van der Waals surface area contributed by atoms with E-state index in [-0.39, 0.29) is 18.3 Å². The van der Waals surface area contributed by atoms with Gasteiger partial charge in [0, 0.05) is 7.11 Å². The largest absolute Gasteiger partial charge is 0.465 e. The highest BCUT2D eigenvalue weighted by molar-refractivity contribution is 8.14. The minimum Gasteiger partial charge on any atom is -0.465 e. The second-order valence-corrected chi connectivity index (χ2v) is 7.54. The van der Waals surface area contributed by atoms with Crippen LogP contribution in [0, 0.1) is 5.41 Å². The molecule has 0 radical (unpaired) electrons. The van der Waals surface area contributed by atoms with Gasteiger partial charge in [0.05, 0.1) is 18.9 Å². The smallest absolute Gasteiger partial charge is 0.331 e. The van der Waals surface area contributed by atoms with E-state index in [1.54, 1.807) is 20.1 Å². The predicted octanol–water partition coefficient (Wildman–Crippen LogP) is 2.10. The molecular formula is C12H20NO6PS. The Labute approximate surface area is 128 Å². The summed E-state index contributed by atoms with van der Waals surface area (Å²) in [4.78, 5) is 24.9. The quantitative estimate of drug-likeness (QED) is 0.431. The van der Waals surface area contributed by atoms with Crippen LogP contribution in [-0.4, -0.2) is 49.2 Å². The van der Waals surface area contributed by atoms with Gasteiger partial charge in [-0.1, -0.05) is 0 Å². The Morgan fingerprint density at radius 2 is 1.76 bits per heavy atom. The van der Waals surface area contributed by atoms with E-state index in [1.807, 2.05) is 0 Å². The van der Waals surface area contributed by atoms with E-state index in [4.69, 9.17) is 14.0 Å². The minimum atomic E-state index is -3.53. The Morgan fingerprint density at radius 3 is 2.10 bits per heavy atom. The summed E-state index contributed by atoms with van der Waals surface area (Å²) in [5.41, 5.74) is -2.80. The van der Waals surface area contributed by atoms with Gasteiger partial charge in [-0.05, 0) is 27.0 Å². The minimum absolute atomic E-state index is 0.0889. The summed E-state index contributed by atoms with van der Waals surface area (Å²) in [6.45, 7) is 4.92. The lowest BCUT2D eigenvalue weighted by Crippen LogP contribution is -2.51. The molecule has 1 aliphatic rings. The first-order valence-corrected chi connectivity index (χ1v) is 9.36. The molecule has 1 heterocycles. The van der Waals surface area contributed by atoms with Crippen LogP contribution in [0.3, 0.4) is 0 Å². The van der Waals surface area contributed by atoms with Crippen molar-refractivity contribution in [3.05, 3.63) is 0 Å². The number of rotatable bonds is 5. The lowest BCUT2D eigenvalue weighted by Gasteiger charge is -2.29. The SMILES string of the molecule is CCOC(=O)C1(C(=O)OCC)C(SC)=NP(=O)(OC)C1C. The van der Waals surface area contributed by atoms with E-state index < -0.39 is 30.5 Å². The normalized spacial score (nSPS) is 27.1. The molecule has 21 heavy (non-hydrogen) atoms. The van der Waals surface area contributed by atoms with Crippen LogP contribution in [-0.2, 0) is 28.2 Å². The van der Waals surface area contributed by atoms with Gasteiger partial charge in [-0.25, -0.2) is 0 Å². The van der Waals surface area contributed by atoms with Crippen LogP contribution in [0.25, 0.3) is 0 Å². The second kappa shape index (κ2) is 6.94. The Bertz CT molecular complexity index is 488. The zero-order valence-corrected chi connectivity index (χ0v) is 14.5. The molecule has 9 heteroatoms. The van der Waals surface area contributed by atoms with Gasteiger partial charge in [0.25, 0.3) is 0 Å². The predicted molar refractivity (Wildman–Crippen MR) is 80.7 cm³/mol. The third kappa shape index (κ3) is 2.76. The molecule has 0 spiro atoms. The molecule has 0 aromatic heterocycles. The van der Waals surface area contributed by atoms with Gasteiger partial charge in [-0.15, -0.1) is 11.8 Å². The molecule has 0 aliphatic carbocycles.